The molecule has 7 nitrogen and oxygen atoms in total. The lowest BCUT2D eigenvalue weighted by molar-refractivity contribution is -0.131. The van der Waals surface area contributed by atoms with E-state index in [0.29, 0.717) is 34.7 Å². The number of hydrogen-bond donors (Lipinski definition) is 3. The molecule has 0 fully saturated rings. The van der Waals surface area contributed by atoms with Crippen molar-refractivity contribution in [1.29, 1.82) is 0 Å². The Morgan fingerprint density at radius 2 is 1.56 bits per heavy atom. The fourth-order valence-corrected chi connectivity index (χ4v) is 4.49. The van der Waals surface area contributed by atoms with Gasteiger partial charge in [0.15, 0.2) is 5.65 Å². The minimum Gasteiger partial charge on any atom is -0.382 e. The molecule has 2 aromatic carbocycles. The maximum absolute atomic E-state index is 12.9. The summed E-state index contributed by atoms with van der Waals surface area (Å²) in [5, 5.41) is 8.32. The molecule has 39 heavy (non-hydrogen) atoms. The normalized spacial score (nSPS) is 11.5. The summed E-state index contributed by atoms with van der Waals surface area (Å²) in [4.78, 5) is 29.0. The summed E-state index contributed by atoms with van der Waals surface area (Å²) in [6, 6.07) is 12.6. The number of hydrogen-bond acceptors (Lipinski definition) is 4. The van der Waals surface area contributed by atoms with Crippen molar-refractivity contribution < 1.29 is 22.8 Å². The van der Waals surface area contributed by atoms with Crippen LogP contribution in [0.2, 0.25) is 0 Å². The van der Waals surface area contributed by atoms with Crippen LogP contribution < -0.4 is 16.0 Å². The van der Waals surface area contributed by atoms with Crippen LogP contribution in [0.4, 0.5) is 18.9 Å². The predicted molar refractivity (Wildman–Crippen MR) is 146 cm³/mol. The fourth-order valence-electron chi connectivity index (χ4n) is 4.49. The van der Waals surface area contributed by atoms with Gasteiger partial charge in [-0.25, -0.2) is 4.98 Å². The Kier molecular flexibility index (Phi) is 7.94. The quantitative estimate of drug-likeness (QED) is 0.267. The van der Waals surface area contributed by atoms with Gasteiger partial charge in [0.05, 0.1) is 24.0 Å². The summed E-state index contributed by atoms with van der Waals surface area (Å²) in [6.45, 7) is 5.73. The first-order chi connectivity index (χ1) is 18.5. The molecule has 4 aromatic rings. The number of alkyl halides is 3. The van der Waals surface area contributed by atoms with E-state index in [1.165, 1.54) is 0 Å². The summed E-state index contributed by atoms with van der Waals surface area (Å²) < 4.78 is 40.5. The summed E-state index contributed by atoms with van der Waals surface area (Å²) in [5.41, 5.74) is 6.63. The van der Waals surface area contributed by atoms with Crippen LogP contribution in [0, 0.1) is 13.8 Å². The number of carbonyl (C=O) groups is 2. The van der Waals surface area contributed by atoms with Gasteiger partial charge in [-0.05, 0) is 61.7 Å². The minimum atomic E-state index is -4.29. The first kappa shape index (κ1) is 27.7. The molecule has 0 atom stereocenters. The molecule has 0 saturated carbocycles. The van der Waals surface area contributed by atoms with E-state index in [1.807, 2.05) is 55.6 Å². The van der Waals surface area contributed by atoms with Crippen LogP contribution in [0.3, 0.4) is 0 Å². The third-order valence-corrected chi connectivity index (χ3v) is 6.47. The number of carbonyl (C=O) groups excluding carboxylic acids is 2. The second-order valence-electron chi connectivity index (χ2n) is 9.27. The SMILES string of the molecule is CCNC(=O)c1ccc(-c2cc(NCCC(F)(F)F)c3ncc(-c4ccc(C(=O)NC)c(C)c4)n3c2)cc1C. The number of amides is 2. The summed E-state index contributed by atoms with van der Waals surface area (Å²) in [6.07, 6.45) is -1.75. The van der Waals surface area contributed by atoms with Crippen LogP contribution >= 0.6 is 0 Å². The highest BCUT2D eigenvalue weighted by Gasteiger charge is 2.26. The lowest BCUT2D eigenvalue weighted by Crippen LogP contribution is -2.23. The molecule has 3 N–H and O–H groups in total. The Labute approximate surface area is 224 Å². The molecule has 0 radical (unpaired) electrons. The monoisotopic (exact) mass is 537 g/mol. The molecule has 2 amide bonds. The topological polar surface area (TPSA) is 87.5 Å². The summed E-state index contributed by atoms with van der Waals surface area (Å²) in [7, 11) is 1.57. The molecule has 2 aromatic heterocycles. The van der Waals surface area contributed by atoms with Gasteiger partial charge >= 0.3 is 6.18 Å². The second kappa shape index (κ2) is 11.2. The number of aromatic nitrogens is 2. The van der Waals surface area contributed by atoms with Crippen molar-refractivity contribution in [3.05, 3.63) is 77.1 Å². The van der Waals surface area contributed by atoms with Crippen molar-refractivity contribution in [1.82, 2.24) is 20.0 Å². The van der Waals surface area contributed by atoms with E-state index < -0.39 is 12.6 Å². The Bertz CT molecular complexity index is 1540. The van der Waals surface area contributed by atoms with E-state index in [4.69, 9.17) is 0 Å². The van der Waals surface area contributed by atoms with E-state index in [-0.39, 0.29) is 18.4 Å². The van der Waals surface area contributed by atoms with Crippen LogP contribution in [0.5, 0.6) is 0 Å². The second-order valence-corrected chi connectivity index (χ2v) is 9.27. The summed E-state index contributed by atoms with van der Waals surface area (Å²) >= 11 is 0. The number of halogens is 3. The molecule has 10 heteroatoms. The first-order valence-electron chi connectivity index (χ1n) is 12.6. The van der Waals surface area contributed by atoms with Crippen molar-refractivity contribution in [2.45, 2.75) is 33.4 Å². The fraction of sp³-hybridized carbons (Fsp3) is 0.276. The lowest BCUT2D eigenvalue weighted by atomic mass is 10.00. The molecule has 0 unspecified atom stereocenters. The number of nitrogens with zero attached hydrogens (tertiary/aromatic N) is 2. The maximum atomic E-state index is 12.9. The average molecular weight is 538 g/mol. The molecular weight excluding hydrogens is 507 g/mol. The number of pyridine rings is 1. The average Bonchev–Trinajstić information content (AvgIpc) is 3.31. The van der Waals surface area contributed by atoms with Gasteiger partial charge in [-0.15, -0.1) is 0 Å². The van der Waals surface area contributed by atoms with Crippen LogP contribution in [-0.4, -0.2) is 47.5 Å². The zero-order valence-electron chi connectivity index (χ0n) is 22.2. The van der Waals surface area contributed by atoms with E-state index in [0.717, 1.165) is 27.8 Å². The Morgan fingerprint density at radius 1 is 0.923 bits per heavy atom. The third kappa shape index (κ3) is 6.05. The highest BCUT2D eigenvalue weighted by molar-refractivity contribution is 5.97. The molecule has 4 rings (SSSR count). The standard InChI is InChI=1S/C29H30F3N5O2/c1-5-34-28(39)23-8-6-19(12-17(23)2)21-14-24(35-11-10-29(30,31)32)26-36-15-25(37(26)16-21)20-7-9-22(18(3)13-20)27(38)33-4/h6-9,12-16,35H,5,10-11H2,1-4H3,(H,33,38)(H,34,39). The van der Waals surface area contributed by atoms with Crippen molar-refractivity contribution in [2.24, 2.45) is 0 Å². The summed E-state index contributed by atoms with van der Waals surface area (Å²) in [5.74, 6) is -0.360. The van der Waals surface area contributed by atoms with Crippen molar-refractivity contribution in [3.63, 3.8) is 0 Å². The van der Waals surface area contributed by atoms with Crippen LogP contribution in [0.25, 0.3) is 28.0 Å². The van der Waals surface area contributed by atoms with Gasteiger partial charge in [0.1, 0.15) is 0 Å². The van der Waals surface area contributed by atoms with Gasteiger partial charge in [0.25, 0.3) is 11.8 Å². The number of rotatable bonds is 8. The first-order valence-corrected chi connectivity index (χ1v) is 12.6. The maximum Gasteiger partial charge on any atom is 0.390 e. The van der Waals surface area contributed by atoms with Crippen molar-refractivity contribution in [3.8, 4) is 22.4 Å². The predicted octanol–water partition coefficient (Wildman–Crippen LogP) is 5.76. The third-order valence-electron chi connectivity index (χ3n) is 6.47. The number of aryl methyl sites for hydroxylation is 2. The molecule has 0 aliphatic rings. The van der Waals surface area contributed by atoms with Gasteiger partial charge in [-0.3, -0.25) is 14.0 Å². The van der Waals surface area contributed by atoms with E-state index in [2.05, 4.69) is 20.9 Å². The van der Waals surface area contributed by atoms with Crippen LogP contribution in [0.15, 0.2) is 54.9 Å². The number of fused-ring (bicyclic) bond motifs is 1. The van der Waals surface area contributed by atoms with E-state index in [9.17, 15) is 22.8 Å². The molecule has 0 aliphatic carbocycles. The Balaban J connectivity index is 1.82. The number of anilines is 1. The Hall–Kier alpha value is -4.34. The zero-order valence-corrected chi connectivity index (χ0v) is 22.2. The van der Waals surface area contributed by atoms with Gasteiger partial charge in [0.2, 0.25) is 0 Å². The molecule has 0 spiro atoms. The van der Waals surface area contributed by atoms with Gasteiger partial charge in [-0.2, -0.15) is 13.2 Å². The molecule has 204 valence electrons. The molecule has 2 heterocycles. The van der Waals surface area contributed by atoms with Gasteiger partial charge in [0, 0.05) is 48.6 Å². The molecule has 0 saturated heterocycles. The highest BCUT2D eigenvalue weighted by Crippen LogP contribution is 2.32. The molecule has 0 aliphatic heterocycles. The minimum absolute atomic E-state index is 0.168. The highest BCUT2D eigenvalue weighted by atomic mass is 19.4. The largest absolute Gasteiger partial charge is 0.390 e. The smallest absolute Gasteiger partial charge is 0.382 e. The van der Waals surface area contributed by atoms with Crippen molar-refractivity contribution >= 4 is 23.1 Å². The van der Waals surface area contributed by atoms with Crippen LogP contribution in [0.1, 0.15) is 45.2 Å². The number of imidazole rings is 1. The van der Waals surface area contributed by atoms with E-state index >= 15 is 0 Å². The lowest BCUT2D eigenvalue weighted by Gasteiger charge is -2.15. The zero-order chi connectivity index (χ0) is 28.3. The molecule has 0 bridgehead atoms. The van der Waals surface area contributed by atoms with E-state index in [1.54, 1.807) is 31.4 Å². The number of benzene rings is 2. The van der Waals surface area contributed by atoms with Gasteiger partial charge < -0.3 is 16.0 Å². The molecular formula is C29H30F3N5O2. The van der Waals surface area contributed by atoms with Gasteiger partial charge in [-0.1, -0.05) is 18.2 Å². The van der Waals surface area contributed by atoms with Crippen LogP contribution in [-0.2, 0) is 0 Å². The Morgan fingerprint density at radius 3 is 2.18 bits per heavy atom. The number of nitrogens with one attached hydrogen (secondary N) is 3. The van der Waals surface area contributed by atoms with Crippen molar-refractivity contribution in [2.75, 3.05) is 25.5 Å².